The third kappa shape index (κ3) is 4.67. The van der Waals surface area contributed by atoms with Gasteiger partial charge in [-0.15, -0.1) is 0 Å². The van der Waals surface area contributed by atoms with E-state index in [1.165, 1.54) is 39.6 Å². The minimum Gasteiger partial charge on any atom is -0.489 e. The van der Waals surface area contributed by atoms with Crippen LogP contribution in [0.4, 0.5) is 10.1 Å². The minimum atomic E-state index is -0.412. The fourth-order valence-electron chi connectivity index (χ4n) is 3.61. The number of thiocarbonyl (C=S) groups is 1. The van der Waals surface area contributed by atoms with Gasteiger partial charge in [-0.3, -0.25) is 9.69 Å². The summed E-state index contributed by atoms with van der Waals surface area (Å²) in [6.45, 7) is 0.469. The second-order valence-corrected chi connectivity index (χ2v) is 9.21. The maximum Gasteiger partial charge on any atom is 0.270 e. The Kier molecular flexibility index (Phi) is 5.94. The van der Waals surface area contributed by atoms with Gasteiger partial charge in [-0.1, -0.05) is 78.6 Å². The van der Waals surface area contributed by atoms with Crippen molar-refractivity contribution in [1.82, 2.24) is 0 Å². The van der Waals surface area contributed by atoms with Crippen LogP contribution in [0.15, 0.2) is 95.9 Å². The number of hydrogen-bond donors (Lipinski definition) is 0. The molecule has 4 aromatic rings. The number of thioether (sulfide) groups is 1. The van der Waals surface area contributed by atoms with Crippen molar-refractivity contribution in [1.29, 1.82) is 0 Å². The largest absolute Gasteiger partial charge is 0.489 e. The van der Waals surface area contributed by atoms with Gasteiger partial charge in [-0.2, -0.15) is 0 Å². The van der Waals surface area contributed by atoms with E-state index in [1.54, 1.807) is 18.2 Å². The monoisotopic (exact) mass is 471 g/mol. The number of benzene rings is 4. The lowest BCUT2D eigenvalue weighted by Crippen LogP contribution is -2.27. The number of anilines is 1. The normalized spacial score (nSPS) is 14.9. The van der Waals surface area contributed by atoms with Crippen molar-refractivity contribution in [3.63, 3.8) is 0 Å². The van der Waals surface area contributed by atoms with Crippen LogP contribution in [0.1, 0.15) is 11.1 Å². The molecule has 1 aliphatic rings. The summed E-state index contributed by atoms with van der Waals surface area (Å²) in [4.78, 5) is 14.7. The van der Waals surface area contributed by atoms with Crippen LogP contribution >= 0.6 is 24.0 Å². The van der Waals surface area contributed by atoms with Crippen LogP contribution in [0.5, 0.6) is 5.75 Å². The fraction of sp³-hybridized carbons (Fsp3) is 0.0370. The summed E-state index contributed by atoms with van der Waals surface area (Å²) in [5.74, 6) is 0.0738. The van der Waals surface area contributed by atoms with Gasteiger partial charge in [0.15, 0.2) is 4.32 Å². The Morgan fingerprint density at radius 2 is 1.70 bits per heavy atom. The summed E-state index contributed by atoms with van der Waals surface area (Å²) in [6, 6.07) is 27.9. The second kappa shape index (κ2) is 9.17. The molecule has 3 nitrogen and oxygen atoms in total. The molecule has 1 aliphatic heterocycles. The highest BCUT2D eigenvalue weighted by molar-refractivity contribution is 8.27. The van der Waals surface area contributed by atoms with Gasteiger partial charge in [-0.05, 0) is 64.4 Å². The van der Waals surface area contributed by atoms with Crippen LogP contribution < -0.4 is 9.64 Å². The SMILES string of the molecule is O=C1/C(=C\c2ccc(OCc3ccc4ccccc4c3)cc2)SC(=S)N1c1cccc(F)c1. The van der Waals surface area contributed by atoms with Crippen LogP contribution in [0, 0.1) is 5.82 Å². The Balaban J connectivity index is 1.27. The molecule has 4 aromatic carbocycles. The van der Waals surface area contributed by atoms with Gasteiger partial charge in [0.05, 0.1) is 10.6 Å². The summed E-state index contributed by atoms with van der Waals surface area (Å²) in [6.07, 6.45) is 1.78. The first-order valence-corrected chi connectivity index (χ1v) is 11.5. The molecule has 0 radical (unpaired) electrons. The highest BCUT2D eigenvalue weighted by atomic mass is 32.2. The van der Waals surface area contributed by atoms with Gasteiger partial charge in [0.1, 0.15) is 18.2 Å². The lowest BCUT2D eigenvalue weighted by molar-refractivity contribution is -0.113. The molecule has 1 amide bonds. The molecule has 0 unspecified atom stereocenters. The predicted molar refractivity (Wildman–Crippen MR) is 137 cm³/mol. The molecule has 162 valence electrons. The van der Waals surface area contributed by atoms with Gasteiger partial charge < -0.3 is 4.74 Å². The topological polar surface area (TPSA) is 29.5 Å². The van der Waals surface area contributed by atoms with Crippen LogP contribution in [0.25, 0.3) is 16.8 Å². The summed E-state index contributed by atoms with van der Waals surface area (Å²) in [5.41, 5.74) is 2.38. The van der Waals surface area contributed by atoms with E-state index in [0.29, 0.717) is 21.5 Å². The Morgan fingerprint density at radius 1 is 0.909 bits per heavy atom. The third-order valence-corrected chi connectivity index (χ3v) is 6.56. The average Bonchev–Trinajstić information content (AvgIpc) is 3.11. The number of nitrogens with zero attached hydrogens (tertiary/aromatic N) is 1. The van der Waals surface area contributed by atoms with Crippen molar-refractivity contribution in [2.75, 3.05) is 4.90 Å². The number of amides is 1. The van der Waals surface area contributed by atoms with E-state index in [4.69, 9.17) is 17.0 Å². The first kappa shape index (κ1) is 21.4. The van der Waals surface area contributed by atoms with Gasteiger partial charge >= 0.3 is 0 Å². The number of fused-ring (bicyclic) bond motifs is 1. The van der Waals surface area contributed by atoms with Crippen molar-refractivity contribution in [2.45, 2.75) is 6.61 Å². The molecule has 0 N–H and O–H groups in total. The first-order chi connectivity index (χ1) is 16.1. The van der Waals surface area contributed by atoms with Gasteiger partial charge in [0, 0.05) is 0 Å². The Morgan fingerprint density at radius 3 is 2.48 bits per heavy atom. The van der Waals surface area contributed by atoms with E-state index in [9.17, 15) is 9.18 Å². The van der Waals surface area contributed by atoms with Crippen LogP contribution in [-0.4, -0.2) is 10.2 Å². The molecule has 5 rings (SSSR count). The van der Waals surface area contributed by atoms with E-state index in [1.807, 2.05) is 36.4 Å². The van der Waals surface area contributed by atoms with Crippen LogP contribution in [0.3, 0.4) is 0 Å². The lowest BCUT2D eigenvalue weighted by atomic mass is 10.1. The molecule has 1 fully saturated rings. The third-order valence-electron chi connectivity index (χ3n) is 5.26. The molecule has 0 atom stereocenters. The zero-order valence-corrected chi connectivity index (χ0v) is 19.0. The van der Waals surface area contributed by atoms with Crippen molar-refractivity contribution in [3.8, 4) is 5.75 Å². The molecule has 1 saturated heterocycles. The van der Waals surface area contributed by atoms with Crippen molar-refractivity contribution in [2.24, 2.45) is 0 Å². The van der Waals surface area contributed by atoms with Crippen LogP contribution in [0.2, 0.25) is 0 Å². The van der Waals surface area contributed by atoms with Gasteiger partial charge in [0.2, 0.25) is 0 Å². The molecule has 1 heterocycles. The Hall–Kier alpha value is -3.48. The zero-order chi connectivity index (χ0) is 22.8. The second-order valence-electron chi connectivity index (χ2n) is 7.54. The maximum absolute atomic E-state index is 13.6. The molecule has 0 spiro atoms. The minimum absolute atomic E-state index is 0.257. The summed E-state index contributed by atoms with van der Waals surface area (Å²) in [7, 11) is 0. The average molecular weight is 472 g/mol. The van der Waals surface area contributed by atoms with Crippen LogP contribution in [-0.2, 0) is 11.4 Å². The van der Waals surface area contributed by atoms with Crippen molar-refractivity contribution in [3.05, 3.63) is 113 Å². The van der Waals surface area contributed by atoms with E-state index in [2.05, 4.69) is 30.3 Å². The number of carbonyl (C=O) groups is 1. The molecular weight excluding hydrogens is 453 g/mol. The molecular formula is C27H18FNO2S2. The number of rotatable bonds is 5. The predicted octanol–water partition coefficient (Wildman–Crippen LogP) is 6.96. The van der Waals surface area contributed by atoms with E-state index < -0.39 is 5.82 Å². The summed E-state index contributed by atoms with van der Waals surface area (Å²) < 4.78 is 19.9. The molecule has 0 bridgehead atoms. The van der Waals surface area contributed by atoms with Crippen molar-refractivity contribution >= 4 is 56.7 Å². The highest BCUT2D eigenvalue weighted by Gasteiger charge is 2.33. The van der Waals surface area contributed by atoms with Gasteiger partial charge in [0.25, 0.3) is 5.91 Å². The molecule has 0 aliphatic carbocycles. The van der Waals surface area contributed by atoms with E-state index in [-0.39, 0.29) is 5.91 Å². The van der Waals surface area contributed by atoms with E-state index in [0.717, 1.165) is 16.9 Å². The maximum atomic E-state index is 13.6. The summed E-state index contributed by atoms with van der Waals surface area (Å²) in [5, 5.41) is 2.39. The summed E-state index contributed by atoms with van der Waals surface area (Å²) >= 11 is 6.56. The smallest absolute Gasteiger partial charge is 0.270 e. The Labute approximate surface area is 200 Å². The zero-order valence-electron chi connectivity index (χ0n) is 17.4. The molecule has 6 heteroatoms. The van der Waals surface area contributed by atoms with E-state index >= 15 is 0 Å². The number of ether oxygens (including phenoxy) is 1. The van der Waals surface area contributed by atoms with Crippen molar-refractivity contribution < 1.29 is 13.9 Å². The Bertz CT molecular complexity index is 1400. The molecule has 33 heavy (non-hydrogen) atoms. The molecule has 0 aromatic heterocycles. The number of carbonyl (C=O) groups excluding carboxylic acids is 1. The first-order valence-electron chi connectivity index (χ1n) is 10.3. The van der Waals surface area contributed by atoms with Gasteiger partial charge in [-0.25, -0.2) is 4.39 Å². The highest BCUT2D eigenvalue weighted by Crippen LogP contribution is 2.36. The molecule has 0 saturated carbocycles. The number of halogens is 1. The number of hydrogen-bond acceptors (Lipinski definition) is 4. The quantitative estimate of drug-likeness (QED) is 0.232. The fourth-order valence-corrected chi connectivity index (χ4v) is 4.91. The lowest BCUT2D eigenvalue weighted by Gasteiger charge is -2.14. The standard InChI is InChI=1S/C27H18FNO2S2/c28-22-6-3-7-23(16-22)29-26(30)25(33-27(29)32)15-18-9-12-24(13-10-18)31-17-19-8-11-20-4-1-2-5-21(20)14-19/h1-16H,17H2/b25-15+.